The average Bonchev–Trinajstić information content (AvgIpc) is 2.76. The Kier molecular flexibility index (Phi) is 4.96. The van der Waals surface area contributed by atoms with Gasteiger partial charge >= 0.3 is 0 Å². The summed E-state index contributed by atoms with van der Waals surface area (Å²) in [4.78, 5) is 25.9. The van der Waals surface area contributed by atoms with E-state index in [1.54, 1.807) is 25.4 Å². The van der Waals surface area contributed by atoms with E-state index in [-0.39, 0.29) is 16.6 Å². The topological polar surface area (TPSA) is 48.3 Å². The summed E-state index contributed by atoms with van der Waals surface area (Å²) in [5.41, 5.74) is 1.74. The van der Waals surface area contributed by atoms with E-state index in [0.717, 1.165) is 16.8 Å². The van der Waals surface area contributed by atoms with Gasteiger partial charge in [-0.3, -0.25) is 9.59 Å². The van der Waals surface area contributed by atoms with Crippen LogP contribution in [0.4, 0.5) is 4.39 Å². The molecule has 0 aliphatic rings. The number of carbonyl (C=O) groups is 1. The molecule has 4 rings (SSSR count). The number of rotatable bonds is 5. The Morgan fingerprint density at radius 1 is 0.966 bits per heavy atom. The van der Waals surface area contributed by atoms with Gasteiger partial charge in [0.15, 0.2) is 5.78 Å². The molecule has 1 aromatic heterocycles. The molecule has 1 heterocycles. The Hall–Kier alpha value is -3.73. The molecule has 0 atom stereocenters. The predicted octanol–water partition coefficient (Wildman–Crippen LogP) is 4.43. The van der Waals surface area contributed by atoms with E-state index in [4.69, 9.17) is 4.74 Å². The minimum absolute atomic E-state index is 0.0591. The lowest BCUT2D eigenvalue weighted by Crippen LogP contribution is -2.20. The number of ether oxygens (including phenoxy) is 1. The fourth-order valence-corrected chi connectivity index (χ4v) is 3.32. The maximum atomic E-state index is 13.2. The first kappa shape index (κ1) is 18.6. The fourth-order valence-electron chi connectivity index (χ4n) is 3.32. The van der Waals surface area contributed by atoms with Crippen LogP contribution in [0.25, 0.3) is 10.9 Å². The minimum atomic E-state index is -0.433. The van der Waals surface area contributed by atoms with Crippen molar-refractivity contribution >= 4 is 16.7 Å². The van der Waals surface area contributed by atoms with Gasteiger partial charge in [-0.25, -0.2) is 4.39 Å². The second-order valence-corrected chi connectivity index (χ2v) is 6.70. The van der Waals surface area contributed by atoms with Crippen LogP contribution in [0.15, 0.2) is 83.8 Å². The number of carbonyl (C=O) groups excluding carboxylic acids is 1. The number of benzene rings is 3. The number of methoxy groups -OCH3 is 1. The second kappa shape index (κ2) is 7.72. The minimum Gasteiger partial charge on any atom is -0.497 e. The van der Waals surface area contributed by atoms with Crippen LogP contribution in [0.1, 0.15) is 21.5 Å². The molecule has 3 aromatic carbocycles. The van der Waals surface area contributed by atoms with Gasteiger partial charge in [0.05, 0.1) is 18.2 Å². The molecule has 0 aliphatic heterocycles. The number of para-hydroxylation sites is 1. The summed E-state index contributed by atoms with van der Waals surface area (Å²) >= 11 is 0. The van der Waals surface area contributed by atoms with E-state index < -0.39 is 11.6 Å². The molecular weight excluding hydrogens is 369 g/mol. The number of hydrogen-bond acceptors (Lipinski definition) is 3. The summed E-state index contributed by atoms with van der Waals surface area (Å²) in [6.07, 6.45) is 1.58. The highest BCUT2D eigenvalue weighted by atomic mass is 19.1. The molecule has 0 N–H and O–H groups in total. The molecule has 0 fully saturated rings. The summed E-state index contributed by atoms with van der Waals surface area (Å²) < 4.78 is 20.3. The Labute approximate surface area is 166 Å². The number of pyridine rings is 1. The fraction of sp³-hybridized carbons (Fsp3) is 0.0833. The normalized spacial score (nSPS) is 10.8. The van der Waals surface area contributed by atoms with Crippen molar-refractivity contribution in [3.63, 3.8) is 0 Å². The standard InChI is InChI=1S/C24H18FNO3/c1-29-19-12-6-16(7-13-19)14-26-15-21(23(27)17-8-10-18(25)11-9-17)24(28)20-4-2-3-5-22(20)26/h2-13,15H,14H2,1H3. The number of ketones is 1. The van der Waals surface area contributed by atoms with E-state index in [9.17, 15) is 14.0 Å². The number of nitrogens with zero attached hydrogens (tertiary/aromatic N) is 1. The lowest BCUT2D eigenvalue weighted by molar-refractivity contribution is 0.103. The molecule has 4 aromatic rings. The Morgan fingerprint density at radius 3 is 2.34 bits per heavy atom. The smallest absolute Gasteiger partial charge is 0.200 e. The van der Waals surface area contributed by atoms with Gasteiger partial charge < -0.3 is 9.30 Å². The molecule has 29 heavy (non-hydrogen) atoms. The van der Waals surface area contributed by atoms with Gasteiger partial charge in [-0.15, -0.1) is 0 Å². The predicted molar refractivity (Wildman–Crippen MR) is 110 cm³/mol. The zero-order valence-electron chi connectivity index (χ0n) is 15.8. The van der Waals surface area contributed by atoms with Crippen LogP contribution in [0.3, 0.4) is 0 Å². The molecule has 0 spiro atoms. The summed E-state index contributed by atoms with van der Waals surface area (Å²) in [5, 5.41) is 0.467. The molecular formula is C24H18FNO3. The molecule has 144 valence electrons. The lowest BCUT2D eigenvalue weighted by Gasteiger charge is -2.14. The van der Waals surface area contributed by atoms with E-state index >= 15 is 0 Å². The number of fused-ring (bicyclic) bond motifs is 1. The van der Waals surface area contributed by atoms with Gasteiger partial charge in [-0.1, -0.05) is 24.3 Å². The van der Waals surface area contributed by atoms with E-state index in [2.05, 4.69) is 0 Å². The summed E-state index contributed by atoms with van der Waals surface area (Å²) in [6.45, 7) is 0.481. The number of aromatic nitrogens is 1. The van der Waals surface area contributed by atoms with Crippen LogP contribution in [0, 0.1) is 5.82 Å². The molecule has 4 nitrogen and oxygen atoms in total. The summed E-state index contributed by atoms with van der Waals surface area (Å²) in [5.74, 6) is -0.105. The first-order valence-corrected chi connectivity index (χ1v) is 9.12. The van der Waals surface area contributed by atoms with E-state index in [1.165, 1.54) is 24.3 Å². The first-order valence-electron chi connectivity index (χ1n) is 9.12. The van der Waals surface area contributed by atoms with Crippen molar-refractivity contribution in [1.82, 2.24) is 4.57 Å². The number of halogens is 1. The average molecular weight is 387 g/mol. The van der Waals surface area contributed by atoms with Crippen LogP contribution < -0.4 is 10.2 Å². The van der Waals surface area contributed by atoms with Gasteiger partial charge in [0.2, 0.25) is 5.43 Å². The van der Waals surface area contributed by atoms with Gasteiger partial charge in [0.25, 0.3) is 0 Å². The molecule has 0 unspecified atom stereocenters. The second-order valence-electron chi connectivity index (χ2n) is 6.70. The summed E-state index contributed by atoms with van der Waals surface area (Å²) in [6, 6.07) is 20.0. The molecule has 5 heteroatoms. The first-order chi connectivity index (χ1) is 14.1. The van der Waals surface area contributed by atoms with Crippen molar-refractivity contribution in [2.75, 3.05) is 7.11 Å². The van der Waals surface area contributed by atoms with Crippen LogP contribution in [0.2, 0.25) is 0 Å². The van der Waals surface area contributed by atoms with Crippen molar-refractivity contribution in [3.8, 4) is 5.75 Å². The summed E-state index contributed by atoms with van der Waals surface area (Å²) in [7, 11) is 1.61. The van der Waals surface area contributed by atoms with E-state index in [1.807, 2.05) is 41.0 Å². The third-order valence-corrected chi connectivity index (χ3v) is 4.85. The van der Waals surface area contributed by atoms with Crippen molar-refractivity contribution in [2.24, 2.45) is 0 Å². The van der Waals surface area contributed by atoms with Crippen molar-refractivity contribution in [2.45, 2.75) is 6.54 Å². The third-order valence-electron chi connectivity index (χ3n) is 4.85. The van der Waals surface area contributed by atoms with Crippen molar-refractivity contribution in [1.29, 1.82) is 0 Å². The highest BCUT2D eigenvalue weighted by Crippen LogP contribution is 2.18. The maximum absolute atomic E-state index is 13.2. The molecule has 0 saturated carbocycles. The van der Waals surface area contributed by atoms with Crippen LogP contribution in [-0.2, 0) is 6.54 Å². The van der Waals surface area contributed by atoms with Crippen molar-refractivity contribution in [3.05, 3.63) is 112 Å². The van der Waals surface area contributed by atoms with Gasteiger partial charge in [0.1, 0.15) is 11.6 Å². The van der Waals surface area contributed by atoms with Crippen LogP contribution in [-0.4, -0.2) is 17.5 Å². The van der Waals surface area contributed by atoms with E-state index in [0.29, 0.717) is 11.9 Å². The quantitative estimate of drug-likeness (QED) is 0.476. The molecule has 0 amide bonds. The highest BCUT2D eigenvalue weighted by Gasteiger charge is 2.17. The van der Waals surface area contributed by atoms with Crippen LogP contribution >= 0.6 is 0 Å². The van der Waals surface area contributed by atoms with Gasteiger partial charge in [-0.2, -0.15) is 0 Å². The molecule has 0 aliphatic carbocycles. The van der Waals surface area contributed by atoms with Gasteiger partial charge in [0, 0.05) is 23.7 Å². The van der Waals surface area contributed by atoms with Crippen molar-refractivity contribution < 1.29 is 13.9 Å². The highest BCUT2D eigenvalue weighted by molar-refractivity contribution is 6.10. The monoisotopic (exact) mass is 387 g/mol. The SMILES string of the molecule is COc1ccc(Cn2cc(C(=O)c3ccc(F)cc3)c(=O)c3ccccc32)cc1. The lowest BCUT2D eigenvalue weighted by atomic mass is 10.0. The zero-order chi connectivity index (χ0) is 20.4. The Morgan fingerprint density at radius 2 is 1.66 bits per heavy atom. The Balaban J connectivity index is 1.83. The zero-order valence-corrected chi connectivity index (χ0v) is 15.8. The van der Waals surface area contributed by atoms with Gasteiger partial charge in [-0.05, 0) is 54.1 Å². The third kappa shape index (κ3) is 3.67. The molecule has 0 radical (unpaired) electrons. The molecule has 0 bridgehead atoms. The Bertz CT molecular complexity index is 1240. The largest absolute Gasteiger partial charge is 0.497 e. The molecule has 0 saturated heterocycles. The van der Waals surface area contributed by atoms with Crippen LogP contribution in [0.5, 0.6) is 5.75 Å². The maximum Gasteiger partial charge on any atom is 0.200 e. The number of hydrogen-bond donors (Lipinski definition) is 0.